The third-order valence-electron chi connectivity index (χ3n) is 4.43. The number of aryl methyl sites for hydroxylation is 1. The van der Waals surface area contributed by atoms with E-state index in [0.717, 1.165) is 10.1 Å². The Bertz CT molecular complexity index is 1160. The molecule has 0 fully saturated rings. The summed E-state index contributed by atoms with van der Waals surface area (Å²) in [7, 11) is 0. The Kier molecular flexibility index (Phi) is 6.43. The first kappa shape index (κ1) is 20.7. The van der Waals surface area contributed by atoms with Crippen LogP contribution < -0.4 is 11.2 Å². The molecule has 152 valence electrons. The molecule has 2 aromatic heterocycles. The zero-order valence-corrected chi connectivity index (χ0v) is 17.0. The number of fused-ring (bicyclic) bond motifs is 1. The highest BCUT2D eigenvalue weighted by molar-refractivity contribution is 6.32. The molecule has 0 radical (unpaired) electrons. The molecule has 0 unspecified atom stereocenters. The minimum absolute atomic E-state index is 0.0610. The van der Waals surface area contributed by atoms with Crippen LogP contribution in [0.25, 0.3) is 22.4 Å². The lowest BCUT2D eigenvalue weighted by atomic mass is 10.1. The molecule has 0 amide bonds. The van der Waals surface area contributed by atoms with Gasteiger partial charge in [-0.2, -0.15) is 0 Å². The summed E-state index contributed by atoms with van der Waals surface area (Å²) in [4.78, 5) is 46.1. The number of halogens is 1. The fourth-order valence-electron chi connectivity index (χ4n) is 3.07. The summed E-state index contributed by atoms with van der Waals surface area (Å²) >= 11 is 6.31. The number of carbonyl (C=O) groups excluding carboxylic acids is 1. The SMILES string of the molecule is CCOC(=O)CCCn1c(=O)c2nc(-c3ccccc3)c(Cl)nc2n(CC)c1=O. The van der Waals surface area contributed by atoms with Gasteiger partial charge >= 0.3 is 11.7 Å². The molecule has 0 saturated carbocycles. The molecule has 0 bridgehead atoms. The highest BCUT2D eigenvalue weighted by atomic mass is 35.5. The first-order chi connectivity index (χ1) is 14.0. The van der Waals surface area contributed by atoms with Crippen molar-refractivity contribution < 1.29 is 9.53 Å². The topological polar surface area (TPSA) is 96.1 Å². The summed E-state index contributed by atoms with van der Waals surface area (Å²) in [6, 6.07) is 9.15. The second kappa shape index (κ2) is 9.00. The Hall–Kier alpha value is -3.00. The van der Waals surface area contributed by atoms with Gasteiger partial charge in [-0.05, 0) is 20.3 Å². The number of ether oxygens (including phenoxy) is 1. The van der Waals surface area contributed by atoms with Gasteiger partial charge in [0.2, 0.25) is 0 Å². The molecule has 0 aliphatic carbocycles. The summed E-state index contributed by atoms with van der Waals surface area (Å²) in [5.41, 5.74) is 0.233. The number of carbonyl (C=O) groups is 1. The van der Waals surface area contributed by atoms with E-state index in [1.54, 1.807) is 13.8 Å². The van der Waals surface area contributed by atoms with Crippen LogP contribution in [-0.4, -0.2) is 31.7 Å². The van der Waals surface area contributed by atoms with Gasteiger partial charge in [0.25, 0.3) is 5.56 Å². The lowest BCUT2D eigenvalue weighted by Gasteiger charge is -2.13. The second-order valence-corrected chi connectivity index (χ2v) is 6.65. The number of esters is 1. The van der Waals surface area contributed by atoms with Crippen molar-refractivity contribution in [2.75, 3.05) is 6.61 Å². The van der Waals surface area contributed by atoms with Crippen LogP contribution >= 0.6 is 11.6 Å². The molecule has 0 aliphatic rings. The fraction of sp³-hybridized carbons (Fsp3) is 0.350. The van der Waals surface area contributed by atoms with E-state index < -0.39 is 11.2 Å². The first-order valence-electron chi connectivity index (χ1n) is 9.39. The second-order valence-electron chi connectivity index (χ2n) is 6.29. The van der Waals surface area contributed by atoms with E-state index in [2.05, 4.69) is 9.97 Å². The number of nitrogens with zero attached hydrogens (tertiary/aromatic N) is 4. The number of benzene rings is 1. The van der Waals surface area contributed by atoms with E-state index in [4.69, 9.17) is 16.3 Å². The Morgan fingerprint density at radius 1 is 1.10 bits per heavy atom. The van der Waals surface area contributed by atoms with Gasteiger partial charge in [0.05, 0.1) is 6.61 Å². The maximum Gasteiger partial charge on any atom is 0.332 e. The minimum atomic E-state index is -0.556. The lowest BCUT2D eigenvalue weighted by molar-refractivity contribution is -0.143. The molecule has 2 heterocycles. The van der Waals surface area contributed by atoms with Crippen LogP contribution in [0.1, 0.15) is 26.7 Å². The van der Waals surface area contributed by atoms with Gasteiger partial charge in [0.15, 0.2) is 16.3 Å². The molecular weight excluding hydrogens is 396 g/mol. The van der Waals surface area contributed by atoms with Gasteiger partial charge in [-0.25, -0.2) is 14.8 Å². The van der Waals surface area contributed by atoms with E-state index in [0.29, 0.717) is 18.7 Å². The fourth-order valence-corrected chi connectivity index (χ4v) is 3.30. The predicted molar refractivity (Wildman–Crippen MR) is 110 cm³/mol. The normalized spacial score (nSPS) is 11.0. The monoisotopic (exact) mass is 416 g/mol. The van der Waals surface area contributed by atoms with Crippen LogP contribution in [0.5, 0.6) is 0 Å². The van der Waals surface area contributed by atoms with Crippen LogP contribution in [0, 0.1) is 0 Å². The third-order valence-corrected chi connectivity index (χ3v) is 4.70. The van der Waals surface area contributed by atoms with Crippen molar-refractivity contribution in [1.29, 1.82) is 0 Å². The maximum absolute atomic E-state index is 13.0. The van der Waals surface area contributed by atoms with Crippen molar-refractivity contribution in [3.63, 3.8) is 0 Å². The van der Waals surface area contributed by atoms with E-state index in [-0.39, 0.29) is 41.9 Å². The minimum Gasteiger partial charge on any atom is -0.466 e. The highest BCUT2D eigenvalue weighted by Crippen LogP contribution is 2.25. The molecule has 3 rings (SSSR count). The Morgan fingerprint density at radius 3 is 2.48 bits per heavy atom. The van der Waals surface area contributed by atoms with Gasteiger partial charge in [0, 0.05) is 25.1 Å². The van der Waals surface area contributed by atoms with Gasteiger partial charge in [0.1, 0.15) is 5.69 Å². The molecule has 0 saturated heterocycles. The molecule has 8 nitrogen and oxygen atoms in total. The van der Waals surface area contributed by atoms with Crippen molar-refractivity contribution >= 4 is 28.7 Å². The third kappa shape index (κ3) is 4.22. The van der Waals surface area contributed by atoms with Crippen LogP contribution in [0.2, 0.25) is 5.15 Å². The Labute approximate surface area is 171 Å². The predicted octanol–water partition coefficient (Wildman–Crippen LogP) is 2.64. The van der Waals surface area contributed by atoms with Gasteiger partial charge in [-0.15, -0.1) is 0 Å². The maximum atomic E-state index is 13.0. The largest absolute Gasteiger partial charge is 0.466 e. The summed E-state index contributed by atoms with van der Waals surface area (Å²) in [6.45, 7) is 4.16. The van der Waals surface area contributed by atoms with Crippen molar-refractivity contribution in [2.45, 2.75) is 39.8 Å². The molecule has 0 spiro atoms. The average molecular weight is 417 g/mol. The van der Waals surface area contributed by atoms with Crippen molar-refractivity contribution in [2.24, 2.45) is 0 Å². The Morgan fingerprint density at radius 2 is 1.83 bits per heavy atom. The molecule has 0 N–H and O–H groups in total. The number of rotatable bonds is 7. The van der Waals surface area contributed by atoms with Crippen molar-refractivity contribution in [3.8, 4) is 11.3 Å². The van der Waals surface area contributed by atoms with Crippen LogP contribution in [0.15, 0.2) is 39.9 Å². The van der Waals surface area contributed by atoms with Gasteiger partial charge in [-0.3, -0.25) is 18.7 Å². The summed E-state index contributed by atoms with van der Waals surface area (Å²) in [6.07, 6.45) is 0.418. The molecule has 29 heavy (non-hydrogen) atoms. The lowest BCUT2D eigenvalue weighted by Crippen LogP contribution is -2.40. The van der Waals surface area contributed by atoms with E-state index in [9.17, 15) is 14.4 Å². The summed E-state index contributed by atoms with van der Waals surface area (Å²) in [5.74, 6) is -0.366. The molecule has 1 aromatic carbocycles. The standard InChI is InChI=1S/C20H21ClN4O4/c1-3-24-18-16(22-15(17(21)23-18)13-9-6-5-7-10-13)19(27)25(20(24)28)12-8-11-14(26)29-4-2/h5-7,9-10H,3-4,8,11-12H2,1-2H3. The number of hydrogen-bond donors (Lipinski definition) is 0. The van der Waals surface area contributed by atoms with Crippen LogP contribution in [0.3, 0.4) is 0 Å². The van der Waals surface area contributed by atoms with E-state index >= 15 is 0 Å². The molecule has 0 atom stereocenters. The van der Waals surface area contributed by atoms with Gasteiger partial charge in [-0.1, -0.05) is 41.9 Å². The number of aromatic nitrogens is 4. The van der Waals surface area contributed by atoms with E-state index in [1.165, 1.54) is 4.57 Å². The van der Waals surface area contributed by atoms with Crippen LogP contribution in [-0.2, 0) is 22.6 Å². The van der Waals surface area contributed by atoms with Gasteiger partial charge < -0.3 is 4.74 Å². The number of hydrogen-bond acceptors (Lipinski definition) is 6. The molecule has 9 heteroatoms. The summed E-state index contributed by atoms with van der Waals surface area (Å²) < 4.78 is 7.33. The zero-order chi connectivity index (χ0) is 21.0. The van der Waals surface area contributed by atoms with E-state index in [1.807, 2.05) is 30.3 Å². The highest BCUT2D eigenvalue weighted by Gasteiger charge is 2.18. The van der Waals surface area contributed by atoms with Crippen LogP contribution in [0.4, 0.5) is 0 Å². The molecule has 3 aromatic rings. The molecule has 0 aliphatic heterocycles. The van der Waals surface area contributed by atoms with Crippen molar-refractivity contribution in [3.05, 3.63) is 56.3 Å². The Balaban J connectivity index is 2.11. The smallest absolute Gasteiger partial charge is 0.332 e. The quantitative estimate of drug-likeness (QED) is 0.549. The van der Waals surface area contributed by atoms with Crippen molar-refractivity contribution in [1.82, 2.24) is 19.1 Å². The first-order valence-corrected chi connectivity index (χ1v) is 9.77. The molecular formula is C20H21ClN4O4. The average Bonchev–Trinajstić information content (AvgIpc) is 2.71. The summed E-state index contributed by atoms with van der Waals surface area (Å²) in [5, 5.41) is 0.116. The zero-order valence-electron chi connectivity index (χ0n) is 16.2.